The lowest BCUT2D eigenvalue weighted by molar-refractivity contribution is -0.136. The first-order valence-corrected chi connectivity index (χ1v) is 9.93. The standard InChI is InChI=1S/C22H23ClFN3O4/c1-13-5-4-8-25-19(13)21-26-17(12-31-10-9-29-2)18(22(28)30-3)20(27-21)15-7-6-14(24)11-16(15)23/h4-8,11,20H,9-10,12H2,1-3H3,(H,26,27). The van der Waals surface area contributed by atoms with Gasteiger partial charge < -0.3 is 19.5 Å². The summed E-state index contributed by atoms with van der Waals surface area (Å²) in [6.07, 6.45) is 1.65. The Kier molecular flexibility index (Phi) is 7.73. The summed E-state index contributed by atoms with van der Waals surface area (Å²) in [6.45, 7) is 2.70. The number of methoxy groups -OCH3 is 2. The molecule has 0 radical (unpaired) electrons. The highest BCUT2D eigenvalue weighted by Crippen LogP contribution is 2.36. The summed E-state index contributed by atoms with van der Waals surface area (Å²) in [6, 6.07) is 6.85. The van der Waals surface area contributed by atoms with E-state index in [4.69, 9.17) is 30.8 Å². The number of nitrogens with one attached hydrogen (secondary N) is 1. The van der Waals surface area contributed by atoms with E-state index in [1.165, 1.54) is 25.3 Å². The van der Waals surface area contributed by atoms with Crippen molar-refractivity contribution in [2.75, 3.05) is 34.0 Å². The van der Waals surface area contributed by atoms with Gasteiger partial charge in [0.15, 0.2) is 5.84 Å². The summed E-state index contributed by atoms with van der Waals surface area (Å²) in [5.74, 6) is -0.635. The number of carbonyl (C=O) groups is 1. The minimum absolute atomic E-state index is 0.0774. The van der Waals surface area contributed by atoms with Crippen LogP contribution in [-0.2, 0) is 19.0 Å². The van der Waals surface area contributed by atoms with Crippen LogP contribution in [0.15, 0.2) is 52.8 Å². The SMILES string of the molecule is COCCOCC1=C(C(=O)OC)C(c2ccc(F)cc2Cl)N=C(c2ncccc2C)N1. The van der Waals surface area contributed by atoms with Crippen molar-refractivity contribution in [3.8, 4) is 0 Å². The molecule has 164 valence electrons. The summed E-state index contributed by atoms with van der Waals surface area (Å²) in [7, 11) is 2.85. The van der Waals surface area contributed by atoms with Gasteiger partial charge in [0, 0.05) is 23.9 Å². The van der Waals surface area contributed by atoms with Gasteiger partial charge in [0.25, 0.3) is 0 Å². The third-order valence-corrected chi connectivity index (χ3v) is 5.03. The Morgan fingerprint density at radius 2 is 2.06 bits per heavy atom. The first kappa shape index (κ1) is 22.9. The molecule has 3 rings (SSSR count). The normalized spacial score (nSPS) is 16.0. The Balaban J connectivity index is 2.12. The third kappa shape index (κ3) is 5.28. The van der Waals surface area contributed by atoms with Gasteiger partial charge in [0.1, 0.15) is 17.6 Å². The predicted octanol–water partition coefficient (Wildman–Crippen LogP) is 3.36. The number of nitrogens with zero attached hydrogens (tertiary/aromatic N) is 2. The van der Waals surface area contributed by atoms with Crippen LogP contribution in [0, 0.1) is 12.7 Å². The molecule has 1 N–H and O–H groups in total. The Morgan fingerprint density at radius 3 is 2.74 bits per heavy atom. The van der Waals surface area contributed by atoms with E-state index >= 15 is 0 Å². The van der Waals surface area contributed by atoms with E-state index < -0.39 is 17.8 Å². The molecule has 2 heterocycles. The average molecular weight is 448 g/mol. The van der Waals surface area contributed by atoms with Gasteiger partial charge in [-0.1, -0.05) is 23.7 Å². The van der Waals surface area contributed by atoms with E-state index in [-0.39, 0.29) is 17.2 Å². The maximum atomic E-state index is 13.7. The molecule has 1 aromatic carbocycles. The van der Waals surface area contributed by atoms with Crippen molar-refractivity contribution >= 4 is 23.4 Å². The number of ether oxygens (including phenoxy) is 3. The second-order valence-electron chi connectivity index (χ2n) is 6.77. The molecular formula is C22H23ClFN3O4. The summed E-state index contributed by atoms with van der Waals surface area (Å²) in [4.78, 5) is 21.9. The molecule has 9 heteroatoms. The van der Waals surface area contributed by atoms with Gasteiger partial charge in [-0.15, -0.1) is 0 Å². The van der Waals surface area contributed by atoms with Crippen molar-refractivity contribution in [2.24, 2.45) is 4.99 Å². The summed E-state index contributed by atoms with van der Waals surface area (Å²) < 4.78 is 29.4. The van der Waals surface area contributed by atoms with Crippen LogP contribution in [-0.4, -0.2) is 50.8 Å². The number of esters is 1. The molecule has 0 spiro atoms. The van der Waals surface area contributed by atoms with E-state index in [0.29, 0.717) is 36.0 Å². The number of benzene rings is 1. The van der Waals surface area contributed by atoms with E-state index in [2.05, 4.69) is 10.3 Å². The van der Waals surface area contributed by atoms with Crippen molar-refractivity contribution in [1.82, 2.24) is 10.3 Å². The van der Waals surface area contributed by atoms with E-state index in [1.807, 2.05) is 19.1 Å². The number of hydrogen-bond acceptors (Lipinski definition) is 7. The minimum Gasteiger partial charge on any atom is -0.466 e. The molecule has 1 aromatic heterocycles. The third-order valence-electron chi connectivity index (χ3n) is 4.70. The van der Waals surface area contributed by atoms with Crippen molar-refractivity contribution in [3.05, 3.63) is 75.5 Å². The molecule has 1 aliphatic rings. The highest BCUT2D eigenvalue weighted by molar-refractivity contribution is 6.31. The first-order valence-electron chi connectivity index (χ1n) is 9.56. The van der Waals surface area contributed by atoms with Crippen LogP contribution in [0.2, 0.25) is 5.02 Å². The molecule has 2 aromatic rings. The number of rotatable bonds is 8. The lowest BCUT2D eigenvalue weighted by atomic mass is 9.95. The number of pyridine rings is 1. The monoisotopic (exact) mass is 447 g/mol. The van der Waals surface area contributed by atoms with Gasteiger partial charge >= 0.3 is 5.97 Å². The topological polar surface area (TPSA) is 82.0 Å². The lowest BCUT2D eigenvalue weighted by Gasteiger charge is -2.28. The Bertz CT molecular complexity index is 1030. The van der Waals surface area contributed by atoms with Gasteiger partial charge in [0.2, 0.25) is 0 Å². The van der Waals surface area contributed by atoms with Crippen molar-refractivity contribution in [1.29, 1.82) is 0 Å². The van der Waals surface area contributed by atoms with Gasteiger partial charge in [0.05, 0.1) is 38.2 Å². The van der Waals surface area contributed by atoms with E-state index in [9.17, 15) is 9.18 Å². The van der Waals surface area contributed by atoms with Crippen LogP contribution < -0.4 is 5.32 Å². The largest absolute Gasteiger partial charge is 0.466 e. The number of aryl methyl sites for hydroxylation is 1. The van der Waals surface area contributed by atoms with Gasteiger partial charge in [-0.2, -0.15) is 0 Å². The fraction of sp³-hybridized carbons (Fsp3) is 0.318. The van der Waals surface area contributed by atoms with Crippen LogP contribution in [0.3, 0.4) is 0 Å². The zero-order valence-electron chi connectivity index (χ0n) is 17.4. The van der Waals surface area contributed by atoms with Crippen LogP contribution >= 0.6 is 11.6 Å². The highest BCUT2D eigenvalue weighted by Gasteiger charge is 2.33. The smallest absolute Gasteiger partial charge is 0.338 e. The molecular weight excluding hydrogens is 425 g/mol. The molecule has 31 heavy (non-hydrogen) atoms. The quantitative estimate of drug-likeness (QED) is 0.493. The van der Waals surface area contributed by atoms with Gasteiger partial charge in [-0.3, -0.25) is 9.98 Å². The number of carbonyl (C=O) groups excluding carboxylic acids is 1. The molecule has 1 aliphatic heterocycles. The van der Waals surface area contributed by atoms with Crippen LogP contribution in [0.5, 0.6) is 0 Å². The minimum atomic E-state index is -0.834. The van der Waals surface area contributed by atoms with Crippen LogP contribution in [0.25, 0.3) is 0 Å². The Morgan fingerprint density at radius 1 is 1.26 bits per heavy atom. The zero-order chi connectivity index (χ0) is 22.4. The first-order chi connectivity index (χ1) is 15.0. The molecule has 0 fully saturated rings. The van der Waals surface area contributed by atoms with Crippen molar-refractivity contribution in [2.45, 2.75) is 13.0 Å². The fourth-order valence-electron chi connectivity index (χ4n) is 3.18. The number of halogens is 2. The molecule has 1 atom stereocenters. The van der Waals surface area contributed by atoms with Crippen molar-refractivity contribution in [3.63, 3.8) is 0 Å². The Hall–Kier alpha value is -2.81. The number of hydrogen-bond donors (Lipinski definition) is 1. The molecule has 1 unspecified atom stereocenters. The molecule has 0 amide bonds. The fourth-order valence-corrected chi connectivity index (χ4v) is 3.45. The predicted molar refractivity (Wildman–Crippen MR) is 115 cm³/mol. The van der Waals surface area contributed by atoms with E-state index in [1.54, 1.807) is 13.3 Å². The number of aliphatic imine (C=N–C) groups is 1. The van der Waals surface area contributed by atoms with Crippen LogP contribution in [0.4, 0.5) is 4.39 Å². The van der Waals surface area contributed by atoms with Gasteiger partial charge in [-0.25, -0.2) is 9.18 Å². The van der Waals surface area contributed by atoms with E-state index in [0.717, 1.165) is 5.56 Å². The summed E-state index contributed by atoms with van der Waals surface area (Å²) >= 11 is 6.33. The molecule has 0 bridgehead atoms. The summed E-state index contributed by atoms with van der Waals surface area (Å²) in [5.41, 5.74) is 2.66. The zero-order valence-corrected chi connectivity index (χ0v) is 18.2. The lowest BCUT2D eigenvalue weighted by Crippen LogP contribution is -2.36. The Labute approximate surface area is 184 Å². The summed E-state index contributed by atoms with van der Waals surface area (Å²) in [5, 5.41) is 3.31. The molecule has 0 saturated carbocycles. The average Bonchev–Trinajstić information content (AvgIpc) is 2.76. The molecule has 7 nitrogen and oxygen atoms in total. The second-order valence-corrected chi connectivity index (χ2v) is 7.18. The maximum absolute atomic E-state index is 13.7. The van der Waals surface area contributed by atoms with Gasteiger partial charge in [-0.05, 0) is 30.7 Å². The molecule has 0 saturated heterocycles. The molecule has 0 aliphatic carbocycles. The number of amidine groups is 1. The van der Waals surface area contributed by atoms with Crippen molar-refractivity contribution < 1.29 is 23.4 Å². The number of aromatic nitrogens is 1. The van der Waals surface area contributed by atoms with Crippen LogP contribution in [0.1, 0.15) is 22.9 Å². The highest BCUT2D eigenvalue weighted by atomic mass is 35.5. The maximum Gasteiger partial charge on any atom is 0.338 e. The second kappa shape index (κ2) is 10.5.